The van der Waals surface area contributed by atoms with Crippen molar-refractivity contribution in [1.82, 2.24) is 15.6 Å². The first-order valence-electron chi connectivity index (χ1n) is 8.78. The van der Waals surface area contributed by atoms with Gasteiger partial charge in [0, 0.05) is 4.88 Å². The zero-order valence-electron chi connectivity index (χ0n) is 14.7. The summed E-state index contributed by atoms with van der Waals surface area (Å²) in [6.45, 7) is 0. The molecule has 1 aromatic carbocycles. The normalized spacial score (nSPS) is 16.1. The molecule has 1 aliphatic carbocycles. The Labute approximate surface area is 165 Å². The number of benzene rings is 1. The van der Waals surface area contributed by atoms with Crippen molar-refractivity contribution in [1.29, 1.82) is 0 Å². The summed E-state index contributed by atoms with van der Waals surface area (Å²) >= 11 is 1.38. The number of carbonyl (C=O) groups is 3. The first-order valence-corrected chi connectivity index (χ1v) is 11.1. The van der Waals surface area contributed by atoms with Crippen LogP contribution in [0.15, 0.2) is 29.2 Å². The average molecular weight is 419 g/mol. The fourth-order valence-electron chi connectivity index (χ4n) is 3.33. The van der Waals surface area contributed by atoms with Crippen molar-refractivity contribution in [3.63, 3.8) is 0 Å². The number of thiophene rings is 1. The molecule has 0 spiro atoms. The van der Waals surface area contributed by atoms with Gasteiger partial charge in [0.1, 0.15) is 0 Å². The van der Waals surface area contributed by atoms with Gasteiger partial charge < -0.3 is 0 Å². The number of nitrogens with one attached hydrogen (secondary N) is 3. The minimum absolute atomic E-state index is 0.0128. The number of hydrogen-bond donors (Lipinski definition) is 3. The number of carbonyl (C=O) groups excluding carboxylic acids is 3. The van der Waals surface area contributed by atoms with E-state index in [0.29, 0.717) is 4.88 Å². The average Bonchev–Trinajstić information content (AvgIpc) is 3.12. The highest BCUT2D eigenvalue weighted by molar-refractivity contribution is 7.89. The molecule has 146 valence electrons. The summed E-state index contributed by atoms with van der Waals surface area (Å²) < 4.78 is 24.9. The van der Waals surface area contributed by atoms with E-state index in [-0.39, 0.29) is 16.0 Å². The maximum atomic E-state index is 12.5. The lowest BCUT2D eigenvalue weighted by Gasteiger charge is -2.08. The van der Waals surface area contributed by atoms with Crippen molar-refractivity contribution in [3.8, 4) is 0 Å². The smallest absolute Gasteiger partial charge is 0.276 e. The maximum Gasteiger partial charge on any atom is 0.276 e. The van der Waals surface area contributed by atoms with Crippen LogP contribution in [-0.2, 0) is 22.9 Å². The van der Waals surface area contributed by atoms with Gasteiger partial charge in [-0.1, -0.05) is 6.42 Å². The van der Waals surface area contributed by atoms with Crippen molar-refractivity contribution < 1.29 is 22.8 Å². The van der Waals surface area contributed by atoms with E-state index >= 15 is 0 Å². The number of fused-ring (bicyclic) bond motifs is 2. The SMILES string of the molecule is O=C(NNS(=O)(=O)c1ccc2c(c1)C(=O)NC2=O)c1cc2c(s1)CCCCC2. The van der Waals surface area contributed by atoms with Crippen LogP contribution in [0.3, 0.4) is 0 Å². The van der Waals surface area contributed by atoms with Gasteiger partial charge in [-0.25, -0.2) is 8.42 Å². The molecule has 0 saturated carbocycles. The third-order valence-corrected chi connectivity index (χ3v) is 7.27. The van der Waals surface area contributed by atoms with Crippen LogP contribution in [0.25, 0.3) is 0 Å². The van der Waals surface area contributed by atoms with Gasteiger partial charge in [-0.3, -0.25) is 25.1 Å². The first-order chi connectivity index (χ1) is 13.3. The van der Waals surface area contributed by atoms with E-state index in [4.69, 9.17) is 0 Å². The van der Waals surface area contributed by atoms with E-state index in [1.807, 2.05) is 10.9 Å². The highest BCUT2D eigenvalue weighted by Gasteiger charge is 2.29. The van der Waals surface area contributed by atoms with E-state index in [2.05, 4.69) is 10.7 Å². The molecule has 0 bridgehead atoms. The number of sulfonamides is 1. The summed E-state index contributed by atoms with van der Waals surface area (Å²) in [4.78, 5) is 39.1. The van der Waals surface area contributed by atoms with Crippen LogP contribution in [0.5, 0.6) is 0 Å². The van der Waals surface area contributed by atoms with Crippen LogP contribution in [-0.4, -0.2) is 26.1 Å². The summed E-state index contributed by atoms with van der Waals surface area (Å²) in [5.41, 5.74) is 3.48. The number of rotatable bonds is 4. The Bertz CT molecular complexity index is 1080. The van der Waals surface area contributed by atoms with Gasteiger partial charge in [-0.15, -0.1) is 16.2 Å². The molecule has 2 aromatic rings. The van der Waals surface area contributed by atoms with Gasteiger partial charge in [0.2, 0.25) is 0 Å². The minimum Gasteiger partial charge on any atom is -0.288 e. The molecule has 1 aromatic heterocycles. The zero-order chi connectivity index (χ0) is 19.9. The van der Waals surface area contributed by atoms with Crippen molar-refractivity contribution in [2.45, 2.75) is 37.0 Å². The van der Waals surface area contributed by atoms with Crippen molar-refractivity contribution >= 4 is 39.1 Å². The Balaban J connectivity index is 1.48. The Morgan fingerprint density at radius 3 is 2.57 bits per heavy atom. The van der Waals surface area contributed by atoms with E-state index in [0.717, 1.165) is 37.3 Å². The zero-order valence-corrected chi connectivity index (χ0v) is 16.3. The lowest BCUT2D eigenvalue weighted by Crippen LogP contribution is -2.41. The molecule has 1 aliphatic heterocycles. The maximum absolute atomic E-state index is 12.5. The number of hydrogen-bond acceptors (Lipinski definition) is 6. The van der Waals surface area contributed by atoms with Gasteiger partial charge in [0.15, 0.2) is 0 Å². The summed E-state index contributed by atoms with van der Waals surface area (Å²) in [6, 6.07) is 5.40. The molecule has 28 heavy (non-hydrogen) atoms. The van der Waals surface area contributed by atoms with Crippen LogP contribution in [0, 0.1) is 0 Å². The van der Waals surface area contributed by atoms with E-state index in [9.17, 15) is 22.8 Å². The third-order valence-electron chi connectivity index (χ3n) is 4.79. The highest BCUT2D eigenvalue weighted by atomic mass is 32.2. The van der Waals surface area contributed by atoms with Crippen LogP contribution in [0.2, 0.25) is 0 Å². The molecule has 3 amide bonds. The molecule has 0 unspecified atom stereocenters. The number of amides is 3. The largest absolute Gasteiger partial charge is 0.288 e. The second-order valence-corrected chi connectivity index (χ2v) is 9.49. The van der Waals surface area contributed by atoms with E-state index in [1.165, 1.54) is 34.8 Å². The molecule has 2 aliphatic rings. The van der Waals surface area contributed by atoms with Crippen LogP contribution in [0.1, 0.15) is 60.1 Å². The topological polar surface area (TPSA) is 121 Å². The third kappa shape index (κ3) is 3.46. The monoisotopic (exact) mass is 419 g/mol. The molecule has 2 heterocycles. The van der Waals surface area contributed by atoms with Crippen LogP contribution < -0.4 is 15.6 Å². The summed E-state index contributed by atoms with van der Waals surface area (Å²) in [6.07, 6.45) is 5.23. The molecule has 8 nitrogen and oxygen atoms in total. The number of hydrazine groups is 1. The summed E-state index contributed by atoms with van der Waals surface area (Å²) in [7, 11) is -4.10. The summed E-state index contributed by atoms with van der Waals surface area (Å²) in [5.74, 6) is -1.75. The molecular weight excluding hydrogens is 402 g/mol. The van der Waals surface area contributed by atoms with Gasteiger partial charge in [-0.2, -0.15) is 0 Å². The van der Waals surface area contributed by atoms with Crippen molar-refractivity contribution in [2.24, 2.45) is 0 Å². The van der Waals surface area contributed by atoms with E-state index in [1.54, 1.807) is 0 Å². The standard InChI is InChI=1S/C18H17N3O5S2/c22-16-12-7-6-11(9-13(12)17(23)19-16)28(25,26)21-20-18(24)15-8-10-4-2-1-3-5-14(10)27-15/h6-9,21H,1-5H2,(H,20,24)(H,19,22,23). The van der Waals surface area contributed by atoms with Gasteiger partial charge in [-0.05, 0) is 55.5 Å². The van der Waals surface area contributed by atoms with Gasteiger partial charge in [0.05, 0.1) is 20.9 Å². The Morgan fingerprint density at radius 1 is 1.00 bits per heavy atom. The van der Waals surface area contributed by atoms with Crippen molar-refractivity contribution in [3.05, 3.63) is 50.7 Å². The number of imide groups is 1. The van der Waals surface area contributed by atoms with Gasteiger partial charge in [0.25, 0.3) is 27.7 Å². The summed E-state index contributed by atoms with van der Waals surface area (Å²) in [5, 5.41) is 2.10. The Morgan fingerprint density at radius 2 is 1.75 bits per heavy atom. The van der Waals surface area contributed by atoms with Crippen molar-refractivity contribution in [2.75, 3.05) is 0 Å². The number of aryl methyl sites for hydroxylation is 2. The molecule has 3 N–H and O–H groups in total. The second kappa shape index (κ2) is 7.12. The quantitative estimate of drug-likeness (QED) is 0.394. The first kappa shape index (κ1) is 18.8. The predicted molar refractivity (Wildman–Crippen MR) is 102 cm³/mol. The molecule has 0 radical (unpaired) electrons. The lowest BCUT2D eigenvalue weighted by atomic mass is 10.1. The van der Waals surface area contributed by atoms with E-state index < -0.39 is 27.7 Å². The molecular formula is C18H17N3O5S2. The predicted octanol–water partition coefficient (Wildman–Crippen LogP) is 1.52. The fraction of sp³-hybridized carbons (Fsp3) is 0.278. The van der Waals surface area contributed by atoms with Crippen LogP contribution >= 0.6 is 11.3 Å². The second-order valence-electron chi connectivity index (χ2n) is 6.67. The molecule has 10 heteroatoms. The minimum atomic E-state index is -4.10. The Hall–Kier alpha value is -2.56. The molecule has 0 fully saturated rings. The molecule has 0 atom stereocenters. The van der Waals surface area contributed by atoms with Crippen LogP contribution in [0.4, 0.5) is 0 Å². The Kier molecular flexibility index (Phi) is 4.77. The lowest BCUT2D eigenvalue weighted by molar-refractivity contribution is 0.0877. The molecule has 4 rings (SSSR count). The molecule has 0 saturated heterocycles. The highest BCUT2D eigenvalue weighted by Crippen LogP contribution is 2.29. The van der Waals surface area contributed by atoms with Gasteiger partial charge >= 0.3 is 0 Å². The fourth-order valence-corrected chi connectivity index (χ4v) is 5.34.